The molecule has 0 aromatic heterocycles. The molecule has 0 aliphatic heterocycles. The van der Waals surface area contributed by atoms with Crippen molar-refractivity contribution in [3.05, 3.63) is 62.9 Å². The third-order valence-electron chi connectivity index (χ3n) is 2.81. The summed E-state index contributed by atoms with van der Waals surface area (Å²) in [4.78, 5) is 22.3. The Labute approximate surface area is 129 Å². The first-order valence-corrected chi connectivity index (χ1v) is 6.39. The van der Waals surface area contributed by atoms with Crippen LogP contribution in [0.15, 0.2) is 36.4 Å². The number of nitro groups is 1. The van der Waals surface area contributed by atoms with Crippen molar-refractivity contribution in [3.63, 3.8) is 0 Å². The number of rotatable bonds is 4. The number of hydrogen-bond donors (Lipinski definition) is 1. The molecule has 1 N–H and O–H groups in total. The van der Waals surface area contributed by atoms with Crippen LogP contribution >= 0.6 is 11.6 Å². The molecule has 0 spiro atoms. The maximum absolute atomic E-state index is 13.3. The maximum atomic E-state index is 13.3. The highest BCUT2D eigenvalue weighted by Crippen LogP contribution is 2.28. The molecule has 114 valence electrons. The lowest BCUT2D eigenvalue weighted by Gasteiger charge is -2.09. The molecule has 6 nitrogen and oxygen atoms in total. The fourth-order valence-electron chi connectivity index (χ4n) is 1.79. The van der Waals surface area contributed by atoms with Crippen molar-refractivity contribution in [1.82, 2.24) is 0 Å². The number of methoxy groups -OCH3 is 1. The molecule has 0 saturated carbocycles. The molecule has 0 fully saturated rings. The summed E-state index contributed by atoms with van der Waals surface area (Å²) in [5.41, 5.74) is -0.210. The molecule has 0 unspecified atom stereocenters. The van der Waals surface area contributed by atoms with Crippen LogP contribution < -0.4 is 10.1 Å². The number of nitrogens with zero attached hydrogens (tertiary/aromatic N) is 1. The number of halogens is 2. The van der Waals surface area contributed by atoms with E-state index in [1.54, 1.807) is 0 Å². The molecule has 2 aromatic rings. The quantitative estimate of drug-likeness (QED) is 0.687. The van der Waals surface area contributed by atoms with Crippen molar-refractivity contribution in [2.75, 3.05) is 12.4 Å². The third kappa shape index (κ3) is 3.32. The van der Waals surface area contributed by atoms with Gasteiger partial charge in [0.15, 0.2) is 0 Å². The number of benzene rings is 2. The monoisotopic (exact) mass is 324 g/mol. The van der Waals surface area contributed by atoms with E-state index < -0.39 is 16.6 Å². The predicted octanol–water partition coefficient (Wildman–Crippen LogP) is 3.65. The van der Waals surface area contributed by atoms with Crippen molar-refractivity contribution in [2.45, 2.75) is 0 Å². The smallest absolute Gasteiger partial charge is 0.289 e. The van der Waals surface area contributed by atoms with Crippen LogP contribution in [-0.4, -0.2) is 17.9 Å². The predicted molar refractivity (Wildman–Crippen MR) is 79.0 cm³/mol. The zero-order valence-electron chi connectivity index (χ0n) is 11.3. The minimum atomic E-state index is -0.666. The molecule has 0 aliphatic rings. The zero-order valence-corrected chi connectivity index (χ0v) is 12.1. The van der Waals surface area contributed by atoms with E-state index in [2.05, 4.69) is 5.32 Å². The normalized spacial score (nSPS) is 10.1. The topological polar surface area (TPSA) is 81.5 Å². The Morgan fingerprint density at radius 1 is 1.32 bits per heavy atom. The van der Waals surface area contributed by atoms with Crippen molar-refractivity contribution in [1.29, 1.82) is 0 Å². The second-order valence-electron chi connectivity index (χ2n) is 4.22. The summed E-state index contributed by atoms with van der Waals surface area (Å²) in [6.07, 6.45) is 0. The summed E-state index contributed by atoms with van der Waals surface area (Å²) in [5, 5.41) is 13.2. The fourth-order valence-corrected chi connectivity index (χ4v) is 1.97. The molecule has 0 bridgehead atoms. The molecule has 1 amide bonds. The number of ether oxygens (including phenoxy) is 1. The minimum Gasteiger partial charge on any atom is -0.496 e. The molecule has 8 heteroatoms. The van der Waals surface area contributed by atoms with Gasteiger partial charge in [-0.05, 0) is 30.3 Å². The fraction of sp³-hybridized carbons (Fsp3) is 0.0714. The average Bonchev–Trinajstić information content (AvgIpc) is 2.48. The van der Waals surface area contributed by atoms with Gasteiger partial charge >= 0.3 is 0 Å². The van der Waals surface area contributed by atoms with Crippen molar-refractivity contribution < 1.29 is 18.8 Å². The van der Waals surface area contributed by atoms with Crippen LogP contribution in [0.5, 0.6) is 5.75 Å². The first kappa shape index (κ1) is 15.7. The van der Waals surface area contributed by atoms with E-state index >= 15 is 0 Å². The van der Waals surface area contributed by atoms with Crippen LogP contribution in [-0.2, 0) is 0 Å². The highest BCUT2D eigenvalue weighted by atomic mass is 35.5. The number of nitrogens with one attached hydrogen (secondary N) is 1. The van der Waals surface area contributed by atoms with Gasteiger partial charge in [-0.1, -0.05) is 11.6 Å². The summed E-state index contributed by atoms with van der Waals surface area (Å²) in [6.45, 7) is 0. The van der Waals surface area contributed by atoms with Gasteiger partial charge in [-0.15, -0.1) is 0 Å². The SMILES string of the molecule is COc1ccc(F)cc1C(=O)Nc1ccc(Cl)c([N+](=O)[O-])c1. The summed E-state index contributed by atoms with van der Waals surface area (Å²) >= 11 is 5.69. The largest absolute Gasteiger partial charge is 0.496 e. The van der Waals surface area contributed by atoms with Crippen LogP contribution in [0.3, 0.4) is 0 Å². The van der Waals surface area contributed by atoms with Gasteiger partial charge in [0.1, 0.15) is 16.6 Å². The lowest BCUT2D eigenvalue weighted by Crippen LogP contribution is -2.13. The number of carbonyl (C=O) groups is 1. The van der Waals surface area contributed by atoms with E-state index in [0.717, 1.165) is 18.2 Å². The van der Waals surface area contributed by atoms with Crippen molar-refractivity contribution >= 4 is 28.9 Å². The first-order chi connectivity index (χ1) is 10.4. The molecule has 0 saturated heterocycles. The zero-order chi connectivity index (χ0) is 16.3. The Morgan fingerprint density at radius 3 is 2.68 bits per heavy atom. The van der Waals surface area contributed by atoms with Crippen LogP contribution in [0.2, 0.25) is 5.02 Å². The highest BCUT2D eigenvalue weighted by molar-refractivity contribution is 6.32. The Hall–Kier alpha value is -2.67. The minimum absolute atomic E-state index is 0.0277. The van der Waals surface area contributed by atoms with Gasteiger partial charge in [0.05, 0.1) is 17.6 Å². The van der Waals surface area contributed by atoms with Gasteiger partial charge in [0.25, 0.3) is 11.6 Å². The van der Waals surface area contributed by atoms with E-state index in [-0.39, 0.29) is 27.7 Å². The summed E-state index contributed by atoms with van der Waals surface area (Å²) in [7, 11) is 1.34. The Morgan fingerprint density at radius 2 is 2.05 bits per heavy atom. The molecular weight excluding hydrogens is 315 g/mol. The first-order valence-electron chi connectivity index (χ1n) is 6.01. The lowest BCUT2D eigenvalue weighted by atomic mass is 10.1. The molecular formula is C14H10ClFN2O4. The van der Waals surface area contributed by atoms with Gasteiger partial charge in [0, 0.05) is 11.8 Å². The van der Waals surface area contributed by atoms with Crippen LogP contribution in [0, 0.1) is 15.9 Å². The van der Waals surface area contributed by atoms with Gasteiger partial charge in [-0.25, -0.2) is 4.39 Å². The second kappa shape index (κ2) is 6.40. The van der Waals surface area contributed by atoms with Crippen LogP contribution in [0.4, 0.5) is 15.8 Å². The molecule has 0 aliphatic carbocycles. The summed E-state index contributed by atoms with van der Waals surface area (Å²) in [6, 6.07) is 7.29. The van der Waals surface area contributed by atoms with E-state index in [1.807, 2.05) is 0 Å². The number of hydrogen-bond acceptors (Lipinski definition) is 4. The molecule has 0 heterocycles. The van der Waals surface area contributed by atoms with Gasteiger partial charge < -0.3 is 10.1 Å². The number of amides is 1. The summed E-state index contributed by atoms with van der Waals surface area (Å²) < 4.78 is 18.2. The van der Waals surface area contributed by atoms with E-state index in [9.17, 15) is 19.3 Å². The third-order valence-corrected chi connectivity index (χ3v) is 3.13. The highest BCUT2D eigenvalue weighted by Gasteiger charge is 2.17. The molecule has 0 radical (unpaired) electrons. The average molecular weight is 325 g/mol. The number of nitro benzene ring substituents is 1. The maximum Gasteiger partial charge on any atom is 0.289 e. The molecule has 0 atom stereocenters. The lowest BCUT2D eigenvalue weighted by molar-refractivity contribution is -0.384. The Bertz CT molecular complexity index is 752. The van der Waals surface area contributed by atoms with Gasteiger partial charge in [-0.2, -0.15) is 0 Å². The standard InChI is InChI=1S/C14H10ClFN2O4/c1-22-13-5-2-8(16)6-10(13)14(19)17-9-3-4-11(15)12(7-9)18(20)21/h2-7H,1H3,(H,17,19). The van der Waals surface area contributed by atoms with E-state index in [0.29, 0.717) is 0 Å². The number of carbonyl (C=O) groups excluding carboxylic acids is 1. The van der Waals surface area contributed by atoms with Gasteiger partial charge in [0.2, 0.25) is 0 Å². The number of anilines is 1. The van der Waals surface area contributed by atoms with Crippen LogP contribution in [0.1, 0.15) is 10.4 Å². The molecule has 2 rings (SSSR count). The molecule has 22 heavy (non-hydrogen) atoms. The van der Waals surface area contributed by atoms with Crippen molar-refractivity contribution in [3.8, 4) is 5.75 Å². The molecule has 2 aromatic carbocycles. The van der Waals surface area contributed by atoms with Crippen molar-refractivity contribution in [2.24, 2.45) is 0 Å². The second-order valence-corrected chi connectivity index (χ2v) is 4.63. The Kier molecular flexibility index (Phi) is 4.57. The van der Waals surface area contributed by atoms with Crippen LogP contribution in [0.25, 0.3) is 0 Å². The van der Waals surface area contributed by atoms with Gasteiger partial charge in [-0.3, -0.25) is 14.9 Å². The summed E-state index contributed by atoms with van der Waals surface area (Å²) in [5.74, 6) is -1.08. The van der Waals surface area contributed by atoms with E-state index in [4.69, 9.17) is 16.3 Å². The van der Waals surface area contributed by atoms with E-state index in [1.165, 1.54) is 25.3 Å². The Balaban J connectivity index is 2.31.